The second-order valence-corrected chi connectivity index (χ2v) is 19.1. The molecule has 0 spiro atoms. The smallest absolute Gasteiger partial charge is 0.263 e. The molecule has 0 bridgehead atoms. The Bertz CT molecular complexity index is 2410. The van der Waals surface area contributed by atoms with E-state index in [2.05, 4.69) is 4.98 Å². The Morgan fingerprint density at radius 3 is 2.20 bits per heavy atom. The number of ether oxygens (including phenoxy) is 1. The van der Waals surface area contributed by atoms with Gasteiger partial charge in [0.15, 0.2) is 11.4 Å². The molecule has 19 nitrogen and oxygen atoms in total. The van der Waals surface area contributed by atoms with Crippen molar-refractivity contribution in [3.05, 3.63) is 95.0 Å². The van der Waals surface area contributed by atoms with E-state index in [0.717, 1.165) is 4.31 Å². The molecule has 1 aliphatic heterocycles. The van der Waals surface area contributed by atoms with Crippen molar-refractivity contribution in [3.8, 4) is 17.2 Å². The summed E-state index contributed by atoms with van der Waals surface area (Å²) in [5, 5.41) is 64.0. The highest BCUT2D eigenvalue weighted by atomic mass is 32.2. The number of pyridine rings is 1. The Morgan fingerprint density at radius 1 is 1.02 bits per heavy atom. The fourth-order valence-corrected chi connectivity index (χ4v) is 11.8. The lowest BCUT2D eigenvalue weighted by molar-refractivity contribution is -0.169. The molecule has 0 radical (unpaired) electrons. The number of ketones is 2. The molecule has 2 heterocycles. The van der Waals surface area contributed by atoms with Crippen LogP contribution in [0.25, 0.3) is 5.76 Å². The van der Waals surface area contributed by atoms with Gasteiger partial charge in [0, 0.05) is 40.9 Å². The van der Waals surface area contributed by atoms with Crippen molar-refractivity contribution < 1.29 is 68.5 Å². The van der Waals surface area contributed by atoms with Crippen molar-refractivity contribution in [2.24, 2.45) is 17.6 Å². The van der Waals surface area contributed by atoms with Gasteiger partial charge in [0.2, 0.25) is 15.8 Å². The van der Waals surface area contributed by atoms with E-state index in [-0.39, 0.29) is 28.2 Å². The van der Waals surface area contributed by atoms with Crippen LogP contribution >= 0.6 is 11.8 Å². The summed E-state index contributed by atoms with van der Waals surface area (Å²) < 4.78 is 32.5. The molecule has 2 aromatic carbocycles. The molecule has 328 valence electrons. The van der Waals surface area contributed by atoms with Gasteiger partial charge in [-0.2, -0.15) is 16.1 Å². The van der Waals surface area contributed by atoms with Crippen LogP contribution in [0, 0.1) is 11.8 Å². The van der Waals surface area contributed by atoms with E-state index in [1.807, 2.05) is 0 Å². The van der Waals surface area contributed by atoms with E-state index >= 15 is 0 Å². The van der Waals surface area contributed by atoms with Crippen molar-refractivity contribution in [1.82, 2.24) is 19.7 Å². The first kappa shape index (κ1) is 46.7. The van der Waals surface area contributed by atoms with Gasteiger partial charge < -0.3 is 41.5 Å². The van der Waals surface area contributed by atoms with Gasteiger partial charge in [-0.1, -0.05) is 19.1 Å². The number of aromatic nitrogens is 1. The van der Waals surface area contributed by atoms with Crippen molar-refractivity contribution in [2.45, 2.75) is 60.1 Å². The van der Waals surface area contributed by atoms with Crippen LogP contribution < -0.4 is 16.0 Å². The van der Waals surface area contributed by atoms with Gasteiger partial charge in [0.25, 0.3) is 11.8 Å². The summed E-state index contributed by atoms with van der Waals surface area (Å²) in [6.45, 7) is 5.41. The number of thioether (sulfide) groups is 1. The first-order valence-corrected chi connectivity index (χ1v) is 21.0. The molecule has 2 amide bonds. The van der Waals surface area contributed by atoms with Crippen LogP contribution in [0.4, 0.5) is 0 Å². The molecule has 4 aliphatic rings. The predicted molar refractivity (Wildman–Crippen MR) is 219 cm³/mol. The standard InChI is InChI=1S/C22H24N2O8.C18H21N3O5S2.H2O/c1-7-8-5-4-6-9(25)11(8)16(26)12-10(7)17(27)14-15(24(2)3)18(28)13(21(23)31)20(30)22(14,32)19(12)29;1-18(2)16(17(22)20-23)21(11-12-27-18)28(24,25)15-5-3-13(4-6-15)26-14-7-9-19-10-8-14;/h4-7,10,14-15,17,25-27,30,32H,1-3H3,(H2,23,31);3-10,16,23H,11-12H2,1-2H3,(H,20,22);1H2/t7-,10+,14+,15-,17-,22-;16-;/m00./s1. The van der Waals surface area contributed by atoms with E-state index < -0.39 is 102 Å². The van der Waals surface area contributed by atoms with Gasteiger partial charge in [-0.25, -0.2) is 13.9 Å². The zero-order chi connectivity index (χ0) is 44.2. The summed E-state index contributed by atoms with van der Waals surface area (Å²) in [6.07, 6.45) is 1.60. The number of carbonyl (C=O) groups excluding carboxylic acids is 4. The summed E-state index contributed by atoms with van der Waals surface area (Å²) >= 11 is 1.49. The number of aromatic hydroxyl groups is 1. The van der Waals surface area contributed by atoms with E-state index in [1.165, 1.54) is 49.0 Å². The number of sulfonamides is 1. The molecule has 2 fully saturated rings. The van der Waals surface area contributed by atoms with Gasteiger partial charge in [-0.15, -0.1) is 0 Å². The number of aliphatic hydroxyl groups excluding tert-OH is 3. The summed E-state index contributed by atoms with van der Waals surface area (Å²) in [7, 11) is -1.02. The number of nitrogens with zero attached hydrogens (tertiary/aromatic N) is 3. The third kappa shape index (κ3) is 7.75. The SMILES string of the molecule is CC1(C)SCCN(S(=O)(=O)c2ccc(Oc3ccncc3)cc2)[C@H]1C(=O)NO.C[C@H]1c2cccc(O)c2C(O)=C2C(=O)[C@]3(O)C(O)=C(C(N)=O)C(=O)[C@@H](N(C)C)[C@@H]3[C@@H](O)[C@@H]21.O. The molecule has 1 saturated carbocycles. The average Bonchev–Trinajstić information content (AvgIpc) is 3.19. The number of aliphatic hydroxyl groups is 4. The van der Waals surface area contributed by atoms with Crippen molar-refractivity contribution in [2.75, 3.05) is 26.4 Å². The van der Waals surface area contributed by atoms with Crippen molar-refractivity contribution in [3.63, 3.8) is 0 Å². The number of nitrogens with two attached hydrogens (primary N) is 1. The zero-order valence-corrected chi connectivity index (χ0v) is 35.1. The Kier molecular flexibility index (Phi) is 13.1. The first-order valence-electron chi connectivity index (χ1n) is 18.5. The highest BCUT2D eigenvalue weighted by Gasteiger charge is 2.68. The number of nitrogens with one attached hydrogen (secondary N) is 1. The van der Waals surface area contributed by atoms with Crippen LogP contribution in [0.2, 0.25) is 0 Å². The van der Waals surface area contributed by atoms with Crippen LogP contribution in [0.3, 0.4) is 0 Å². The van der Waals surface area contributed by atoms with Crippen LogP contribution in [-0.2, 0) is 29.2 Å². The fourth-order valence-electron chi connectivity index (χ4n) is 8.65. The molecule has 0 unspecified atom stereocenters. The number of fused-ring (bicyclic) bond motifs is 3. The maximum absolute atomic E-state index is 13.7. The molecule has 3 aromatic rings. The lowest BCUT2D eigenvalue weighted by Gasteiger charge is -2.53. The third-order valence-electron chi connectivity index (χ3n) is 11.4. The number of amides is 2. The predicted octanol–water partition coefficient (Wildman–Crippen LogP) is 0.935. The largest absolute Gasteiger partial charge is 0.508 e. The Morgan fingerprint density at radius 2 is 1.62 bits per heavy atom. The molecule has 61 heavy (non-hydrogen) atoms. The second kappa shape index (κ2) is 17.2. The lowest BCUT2D eigenvalue weighted by atomic mass is 9.54. The van der Waals surface area contributed by atoms with Gasteiger partial charge >= 0.3 is 0 Å². The highest BCUT2D eigenvalue weighted by Crippen LogP contribution is 2.56. The molecule has 21 heteroatoms. The molecule has 7 atom stereocenters. The number of benzene rings is 2. The average molecular weight is 886 g/mol. The number of hydroxylamine groups is 1. The Hall–Kier alpha value is -5.39. The van der Waals surface area contributed by atoms with Gasteiger partial charge in [-0.05, 0) is 81.9 Å². The van der Waals surface area contributed by atoms with E-state index in [9.17, 15) is 53.1 Å². The number of Topliss-reactive ketones (excluding diaryl/α,β-unsaturated/α-hetero) is 2. The van der Waals surface area contributed by atoms with E-state index in [4.69, 9.17) is 15.7 Å². The number of phenols is 1. The monoisotopic (exact) mass is 885 g/mol. The Balaban J connectivity index is 0.000000229. The summed E-state index contributed by atoms with van der Waals surface area (Å²) in [4.78, 5) is 56.1. The first-order chi connectivity index (χ1) is 28.1. The van der Waals surface area contributed by atoms with Crippen molar-refractivity contribution >= 4 is 50.9 Å². The minimum atomic E-state index is -3.94. The lowest BCUT2D eigenvalue weighted by Crippen LogP contribution is -2.70. The molecular formula is C40H47N5O14S2. The van der Waals surface area contributed by atoms with Gasteiger partial charge in [-0.3, -0.25) is 34.3 Å². The quantitative estimate of drug-likeness (QED) is 0.0930. The Labute approximate surface area is 354 Å². The highest BCUT2D eigenvalue weighted by molar-refractivity contribution is 8.01. The minimum Gasteiger partial charge on any atom is -0.508 e. The molecule has 3 aliphatic carbocycles. The number of hydrogen-bond acceptors (Lipinski definition) is 16. The van der Waals surface area contributed by atoms with Crippen LogP contribution in [-0.4, -0.2) is 137 Å². The molecule has 11 N–H and O–H groups in total. The number of carbonyl (C=O) groups is 4. The van der Waals surface area contributed by atoms with Gasteiger partial charge in [0.1, 0.15) is 40.4 Å². The van der Waals surface area contributed by atoms with Gasteiger partial charge in [0.05, 0.1) is 28.5 Å². The number of rotatable bonds is 7. The summed E-state index contributed by atoms with van der Waals surface area (Å²) in [6, 6.07) is 11.5. The van der Waals surface area contributed by atoms with Crippen LogP contribution in [0.15, 0.2) is 88.8 Å². The molecule has 7 rings (SSSR count). The van der Waals surface area contributed by atoms with E-state index in [0.29, 0.717) is 22.8 Å². The van der Waals surface area contributed by atoms with Crippen LogP contribution in [0.5, 0.6) is 17.2 Å². The van der Waals surface area contributed by atoms with E-state index in [1.54, 1.807) is 75.0 Å². The number of likely N-dealkylation sites (N-methyl/N-ethyl adjacent to an activating group) is 1. The maximum Gasteiger partial charge on any atom is 0.263 e. The second-order valence-electron chi connectivity index (χ2n) is 15.5. The molecular weight excluding hydrogens is 839 g/mol. The molecule has 1 aromatic heterocycles. The number of primary amides is 1. The van der Waals surface area contributed by atoms with Crippen LogP contribution in [0.1, 0.15) is 37.8 Å². The number of hydrogen-bond donors (Lipinski definition) is 8. The maximum atomic E-state index is 13.7. The normalized spacial score (nSPS) is 27.1. The minimum absolute atomic E-state index is 0. The third-order valence-corrected chi connectivity index (χ3v) is 14.6. The summed E-state index contributed by atoms with van der Waals surface area (Å²) in [5.41, 5.74) is 3.07. The zero-order valence-electron chi connectivity index (χ0n) is 33.5. The molecule has 1 saturated heterocycles. The van der Waals surface area contributed by atoms with Crippen molar-refractivity contribution in [1.29, 1.82) is 0 Å². The summed E-state index contributed by atoms with van der Waals surface area (Å²) in [5.74, 6) is -8.01. The topological polar surface area (TPSA) is 322 Å². The number of phenolic OH excluding ortho intramolecular Hbond substituents is 1. The fraction of sp³-hybridized carbons (Fsp3) is 0.375.